The van der Waals surface area contributed by atoms with Gasteiger partial charge in [-0.2, -0.15) is 0 Å². The number of para-hydroxylation sites is 2. The zero-order valence-corrected chi connectivity index (χ0v) is 18.9. The number of imidazole rings is 1. The summed E-state index contributed by atoms with van der Waals surface area (Å²) in [5, 5.41) is 6.68. The molecule has 2 N–H and O–H groups in total. The number of hydrogen-bond donors (Lipinski definition) is 2. The fourth-order valence-electron chi connectivity index (χ4n) is 3.38. The largest absolute Gasteiger partial charge is 0.357 e. The molecule has 7 nitrogen and oxygen atoms in total. The third kappa shape index (κ3) is 6.35. The van der Waals surface area contributed by atoms with Crippen molar-refractivity contribution in [2.75, 3.05) is 32.7 Å². The summed E-state index contributed by atoms with van der Waals surface area (Å²) in [6.45, 7) is 7.12. The Balaban J connectivity index is 0.00000280. The van der Waals surface area contributed by atoms with Crippen molar-refractivity contribution in [1.82, 2.24) is 25.1 Å². The summed E-state index contributed by atoms with van der Waals surface area (Å²) in [5.74, 6) is 1.14. The number of benzene rings is 1. The minimum Gasteiger partial charge on any atom is -0.357 e. The van der Waals surface area contributed by atoms with Crippen LogP contribution in [0.25, 0.3) is 11.0 Å². The van der Waals surface area contributed by atoms with Gasteiger partial charge in [-0.15, -0.1) is 24.0 Å². The van der Waals surface area contributed by atoms with E-state index in [0.717, 1.165) is 70.0 Å². The molecule has 1 aliphatic heterocycles. The summed E-state index contributed by atoms with van der Waals surface area (Å²) in [4.78, 5) is 22.6. The van der Waals surface area contributed by atoms with E-state index in [4.69, 9.17) is 0 Å². The van der Waals surface area contributed by atoms with Gasteiger partial charge in [0.15, 0.2) is 5.96 Å². The van der Waals surface area contributed by atoms with E-state index in [1.807, 2.05) is 29.4 Å². The van der Waals surface area contributed by atoms with E-state index in [-0.39, 0.29) is 29.9 Å². The van der Waals surface area contributed by atoms with Crippen LogP contribution < -0.4 is 10.6 Å². The highest BCUT2D eigenvalue weighted by Crippen LogP contribution is 2.12. The van der Waals surface area contributed by atoms with E-state index in [1.54, 1.807) is 0 Å². The first kappa shape index (κ1) is 22.4. The fraction of sp³-hybridized carbons (Fsp3) is 0.550. The van der Waals surface area contributed by atoms with Gasteiger partial charge < -0.3 is 20.1 Å². The van der Waals surface area contributed by atoms with Gasteiger partial charge in [0.05, 0.1) is 17.4 Å². The van der Waals surface area contributed by atoms with Crippen LogP contribution in [0.4, 0.5) is 0 Å². The normalized spacial score (nSPS) is 14.4. The van der Waals surface area contributed by atoms with Gasteiger partial charge in [0.25, 0.3) is 0 Å². The van der Waals surface area contributed by atoms with Crippen molar-refractivity contribution >= 4 is 46.9 Å². The number of aromatic nitrogens is 2. The third-order valence-electron chi connectivity index (χ3n) is 4.77. The molecule has 1 aromatic heterocycles. The van der Waals surface area contributed by atoms with E-state index in [1.165, 1.54) is 5.52 Å². The van der Waals surface area contributed by atoms with Crippen molar-refractivity contribution in [2.45, 2.75) is 39.2 Å². The Morgan fingerprint density at radius 3 is 2.86 bits per heavy atom. The van der Waals surface area contributed by atoms with E-state index in [9.17, 15) is 4.79 Å². The van der Waals surface area contributed by atoms with E-state index >= 15 is 0 Å². The number of carbonyl (C=O) groups is 1. The van der Waals surface area contributed by atoms with Crippen LogP contribution in [0.3, 0.4) is 0 Å². The maximum atomic E-state index is 11.6. The lowest BCUT2D eigenvalue weighted by Crippen LogP contribution is -2.38. The molecule has 1 aromatic carbocycles. The number of aryl methyl sites for hydroxylation is 1. The van der Waals surface area contributed by atoms with Crippen LogP contribution in [0.1, 0.15) is 32.6 Å². The van der Waals surface area contributed by atoms with Gasteiger partial charge in [0.2, 0.25) is 5.91 Å². The topological polar surface area (TPSA) is 74.6 Å². The molecule has 0 atom stereocenters. The van der Waals surface area contributed by atoms with E-state index in [2.05, 4.69) is 38.2 Å². The van der Waals surface area contributed by atoms with Crippen LogP contribution in [-0.4, -0.2) is 59.0 Å². The molecule has 8 heteroatoms. The lowest BCUT2D eigenvalue weighted by Gasteiger charge is -2.15. The summed E-state index contributed by atoms with van der Waals surface area (Å²) in [6, 6.07) is 8.20. The molecule has 1 amide bonds. The predicted molar refractivity (Wildman–Crippen MR) is 124 cm³/mol. The van der Waals surface area contributed by atoms with Gasteiger partial charge in [0, 0.05) is 45.7 Å². The minimum absolute atomic E-state index is 0. The SMILES string of the molecule is CCNC(=NCCCN1CCCC1=O)NCCCn1cnc2ccccc21.I. The molecule has 0 unspecified atom stereocenters. The van der Waals surface area contributed by atoms with Crippen LogP contribution in [0, 0.1) is 0 Å². The highest BCUT2D eigenvalue weighted by Gasteiger charge is 2.18. The molecule has 1 saturated heterocycles. The van der Waals surface area contributed by atoms with Gasteiger partial charge in [0.1, 0.15) is 0 Å². The number of carbonyl (C=O) groups excluding carboxylic acids is 1. The van der Waals surface area contributed by atoms with Gasteiger partial charge in [-0.25, -0.2) is 4.98 Å². The average Bonchev–Trinajstić information content (AvgIpc) is 3.28. The van der Waals surface area contributed by atoms with Gasteiger partial charge in [-0.3, -0.25) is 9.79 Å². The molecule has 28 heavy (non-hydrogen) atoms. The number of halogens is 1. The molecule has 0 aliphatic carbocycles. The molecule has 0 spiro atoms. The summed E-state index contributed by atoms with van der Waals surface area (Å²) >= 11 is 0. The number of hydrogen-bond acceptors (Lipinski definition) is 3. The number of guanidine groups is 1. The lowest BCUT2D eigenvalue weighted by atomic mass is 10.3. The molecule has 1 fully saturated rings. The fourth-order valence-corrected chi connectivity index (χ4v) is 3.38. The molecule has 2 aromatic rings. The Labute approximate surface area is 184 Å². The number of aliphatic imine (C=N–C) groups is 1. The quantitative estimate of drug-likeness (QED) is 0.241. The van der Waals surface area contributed by atoms with Crippen molar-refractivity contribution in [2.24, 2.45) is 4.99 Å². The molecule has 0 saturated carbocycles. The van der Waals surface area contributed by atoms with E-state index < -0.39 is 0 Å². The zero-order chi connectivity index (χ0) is 18.9. The smallest absolute Gasteiger partial charge is 0.222 e. The summed E-state index contributed by atoms with van der Waals surface area (Å²) in [7, 11) is 0. The van der Waals surface area contributed by atoms with Crippen molar-refractivity contribution < 1.29 is 4.79 Å². The number of amides is 1. The van der Waals surface area contributed by atoms with Crippen LogP contribution in [0.5, 0.6) is 0 Å². The molecule has 1 aliphatic rings. The second-order valence-corrected chi connectivity index (χ2v) is 6.81. The first-order chi connectivity index (χ1) is 13.3. The second kappa shape index (κ2) is 11.9. The Kier molecular flexibility index (Phi) is 9.52. The Morgan fingerprint density at radius 2 is 2.07 bits per heavy atom. The number of likely N-dealkylation sites (tertiary alicyclic amines) is 1. The molecule has 154 valence electrons. The Bertz CT molecular complexity index is 775. The number of rotatable bonds is 9. The van der Waals surface area contributed by atoms with Crippen molar-refractivity contribution in [3.8, 4) is 0 Å². The summed E-state index contributed by atoms with van der Waals surface area (Å²) < 4.78 is 2.19. The minimum atomic E-state index is 0. The second-order valence-electron chi connectivity index (χ2n) is 6.81. The third-order valence-corrected chi connectivity index (χ3v) is 4.77. The van der Waals surface area contributed by atoms with Crippen LogP contribution in [0.2, 0.25) is 0 Å². The van der Waals surface area contributed by atoms with Crippen LogP contribution >= 0.6 is 24.0 Å². The summed E-state index contributed by atoms with van der Waals surface area (Å²) in [6.07, 6.45) is 5.51. The standard InChI is InChI=1S/C20H30N6O.HI/c1-2-21-20(22-11-6-14-25-13-5-10-19(25)27)23-12-7-15-26-16-24-17-8-3-4-9-18(17)26;/h3-4,8-9,16H,2,5-7,10-15H2,1H3,(H2,21,22,23);1H. The number of nitrogens with one attached hydrogen (secondary N) is 2. The first-order valence-corrected chi connectivity index (χ1v) is 9.97. The number of nitrogens with zero attached hydrogens (tertiary/aromatic N) is 4. The molecular weight excluding hydrogens is 467 g/mol. The lowest BCUT2D eigenvalue weighted by molar-refractivity contribution is -0.127. The van der Waals surface area contributed by atoms with E-state index in [0.29, 0.717) is 6.42 Å². The molecule has 2 heterocycles. The zero-order valence-electron chi connectivity index (χ0n) is 16.6. The van der Waals surface area contributed by atoms with Crippen molar-refractivity contribution in [3.05, 3.63) is 30.6 Å². The van der Waals surface area contributed by atoms with Gasteiger partial charge in [-0.1, -0.05) is 12.1 Å². The Morgan fingerprint density at radius 1 is 1.21 bits per heavy atom. The highest BCUT2D eigenvalue weighted by atomic mass is 127. The maximum absolute atomic E-state index is 11.6. The van der Waals surface area contributed by atoms with Gasteiger partial charge in [-0.05, 0) is 38.3 Å². The van der Waals surface area contributed by atoms with Crippen LogP contribution in [-0.2, 0) is 11.3 Å². The van der Waals surface area contributed by atoms with Crippen LogP contribution in [0.15, 0.2) is 35.6 Å². The predicted octanol–water partition coefficient (Wildman–Crippen LogP) is 2.61. The molecule has 3 rings (SSSR count). The van der Waals surface area contributed by atoms with Crippen molar-refractivity contribution in [1.29, 1.82) is 0 Å². The molecule has 0 bridgehead atoms. The highest BCUT2D eigenvalue weighted by molar-refractivity contribution is 14.0. The molecule has 0 radical (unpaired) electrons. The molecular formula is C20H31IN6O. The van der Waals surface area contributed by atoms with Gasteiger partial charge >= 0.3 is 0 Å². The maximum Gasteiger partial charge on any atom is 0.222 e. The number of fused-ring (bicyclic) bond motifs is 1. The average molecular weight is 498 g/mol. The summed E-state index contributed by atoms with van der Waals surface area (Å²) in [5.41, 5.74) is 2.21. The Hall–Kier alpha value is -1.84. The monoisotopic (exact) mass is 498 g/mol. The first-order valence-electron chi connectivity index (χ1n) is 9.97. The van der Waals surface area contributed by atoms with Crippen molar-refractivity contribution in [3.63, 3.8) is 0 Å².